The minimum Gasteiger partial charge on any atom is -0.444 e. The predicted molar refractivity (Wildman–Crippen MR) is 138 cm³/mol. The largest absolute Gasteiger partial charge is 0.444 e. The highest BCUT2D eigenvalue weighted by atomic mass is 19.4. The van der Waals surface area contributed by atoms with E-state index >= 15 is 0 Å². The van der Waals surface area contributed by atoms with Crippen molar-refractivity contribution in [1.82, 2.24) is 20.9 Å². The third-order valence-corrected chi connectivity index (χ3v) is 6.55. The van der Waals surface area contributed by atoms with Crippen LogP contribution in [0.15, 0.2) is 42.5 Å². The summed E-state index contributed by atoms with van der Waals surface area (Å²) in [5, 5.41) is 7.33. The van der Waals surface area contributed by atoms with Crippen LogP contribution in [-0.4, -0.2) is 46.3 Å². The standard InChI is InChI=1S/C28H29F3N4O6/c1-27(2,3)41-26(40)34-22(16-5-7-18(8-6-16)28(29,30)31)24(38)32-13-15-4-9-19-17(12-15)14-35(25(19)39)20-10-11-21(36)33-23(20)37/h4-9,12,20,22H,10-11,13-14H2,1-3H3,(H,32,38)(H,34,40)(H,33,36,37). The molecule has 4 rings (SSSR count). The lowest BCUT2D eigenvalue weighted by molar-refractivity contribution is -0.138. The lowest BCUT2D eigenvalue weighted by Gasteiger charge is -2.29. The van der Waals surface area contributed by atoms with Gasteiger partial charge in [-0.05, 0) is 62.1 Å². The Hall–Kier alpha value is -4.42. The number of alkyl halides is 3. The fourth-order valence-corrected chi connectivity index (χ4v) is 4.62. The number of alkyl carbamates (subject to hydrolysis) is 1. The van der Waals surface area contributed by atoms with E-state index in [0.29, 0.717) is 16.7 Å². The lowest BCUT2D eigenvalue weighted by atomic mass is 10.0. The molecule has 2 unspecified atom stereocenters. The first-order valence-electron chi connectivity index (χ1n) is 12.8. The quantitative estimate of drug-likeness (QED) is 0.453. The summed E-state index contributed by atoms with van der Waals surface area (Å²) in [6, 6.07) is 6.63. The molecule has 2 heterocycles. The van der Waals surface area contributed by atoms with Crippen LogP contribution in [0.4, 0.5) is 18.0 Å². The van der Waals surface area contributed by atoms with Crippen LogP contribution in [0.3, 0.4) is 0 Å². The molecule has 0 saturated carbocycles. The maximum Gasteiger partial charge on any atom is 0.416 e. The van der Waals surface area contributed by atoms with Crippen molar-refractivity contribution in [3.63, 3.8) is 0 Å². The van der Waals surface area contributed by atoms with E-state index in [1.54, 1.807) is 39.0 Å². The zero-order chi connectivity index (χ0) is 30.1. The number of halogens is 3. The molecule has 0 aromatic heterocycles. The van der Waals surface area contributed by atoms with Gasteiger partial charge < -0.3 is 20.3 Å². The van der Waals surface area contributed by atoms with Crippen LogP contribution in [0.1, 0.15) is 72.3 Å². The molecule has 2 atom stereocenters. The fourth-order valence-electron chi connectivity index (χ4n) is 4.62. The summed E-state index contributed by atoms with van der Waals surface area (Å²) in [6.45, 7) is 5.00. The normalized spacial score (nSPS) is 18.0. The summed E-state index contributed by atoms with van der Waals surface area (Å²) >= 11 is 0. The van der Waals surface area contributed by atoms with Crippen molar-refractivity contribution in [3.05, 3.63) is 70.3 Å². The van der Waals surface area contributed by atoms with E-state index in [-0.39, 0.29) is 43.3 Å². The Kier molecular flexibility index (Phi) is 8.09. The number of imide groups is 1. The fraction of sp³-hybridized carbons (Fsp3) is 0.393. The second-order valence-electron chi connectivity index (χ2n) is 10.8. The predicted octanol–water partition coefficient (Wildman–Crippen LogP) is 3.35. The van der Waals surface area contributed by atoms with Gasteiger partial charge in [0.2, 0.25) is 17.7 Å². The molecule has 1 fully saturated rings. The minimum absolute atomic E-state index is 0.0220. The van der Waals surface area contributed by atoms with Crippen molar-refractivity contribution in [2.75, 3.05) is 0 Å². The number of rotatable bonds is 6. The monoisotopic (exact) mass is 574 g/mol. The Balaban J connectivity index is 1.47. The highest BCUT2D eigenvalue weighted by Crippen LogP contribution is 2.31. The molecular formula is C28H29F3N4O6. The Morgan fingerprint density at radius 1 is 1.07 bits per heavy atom. The third-order valence-electron chi connectivity index (χ3n) is 6.55. The second kappa shape index (κ2) is 11.2. The van der Waals surface area contributed by atoms with Crippen LogP contribution in [0.2, 0.25) is 0 Å². The van der Waals surface area contributed by atoms with E-state index < -0.39 is 47.3 Å². The average Bonchev–Trinajstić information content (AvgIpc) is 3.19. The molecule has 13 heteroatoms. The van der Waals surface area contributed by atoms with Crippen LogP contribution < -0.4 is 16.0 Å². The number of amides is 5. The number of carbonyl (C=O) groups is 5. The Bertz CT molecular complexity index is 1380. The van der Waals surface area contributed by atoms with Gasteiger partial charge in [0.1, 0.15) is 17.7 Å². The van der Waals surface area contributed by atoms with Gasteiger partial charge in [-0.15, -0.1) is 0 Å². The maximum atomic E-state index is 13.2. The molecule has 10 nitrogen and oxygen atoms in total. The van der Waals surface area contributed by atoms with Crippen molar-refractivity contribution < 1.29 is 41.9 Å². The van der Waals surface area contributed by atoms with Crippen molar-refractivity contribution >= 4 is 29.7 Å². The smallest absolute Gasteiger partial charge is 0.416 e. The van der Waals surface area contributed by atoms with E-state index in [9.17, 15) is 37.1 Å². The third kappa shape index (κ3) is 7.02. The molecule has 0 aliphatic carbocycles. The van der Waals surface area contributed by atoms with Gasteiger partial charge in [-0.25, -0.2) is 4.79 Å². The van der Waals surface area contributed by atoms with Gasteiger partial charge in [-0.2, -0.15) is 13.2 Å². The maximum absolute atomic E-state index is 13.2. The summed E-state index contributed by atoms with van der Waals surface area (Å²) in [5.74, 6) is -1.95. The number of nitrogens with zero attached hydrogens (tertiary/aromatic N) is 1. The van der Waals surface area contributed by atoms with Crippen LogP contribution in [-0.2, 0) is 38.4 Å². The summed E-state index contributed by atoms with van der Waals surface area (Å²) < 4.78 is 44.3. The number of nitrogens with one attached hydrogen (secondary N) is 3. The topological polar surface area (TPSA) is 134 Å². The van der Waals surface area contributed by atoms with E-state index in [4.69, 9.17) is 4.74 Å². The van der Waals surface area contributed by atoms with E-state index in [0.717, 1.165) is 24.3 Å². The first kappa shape index (κ1) is 29.6. The van der Waals surface area contributed by atoms with Crippen LogP contribution >= 0.6 is 0 Å². The number of hydrogen-bond donors (Lipinski definition) is 3. The number of carbonyl (C=O) groups excluding carboxylic acids is 5. The van der Waals surface area contributed by atoms with Gasteiger partial charge in [0.05, 0.1) is 5.56 Å². The SMILES string of the molecule is CC(C)(C)OC(=O)NC(C(=O)NCc1ccc2c(c1)CN(C1CCC(=O)NC1=O)C2=O)c1ccc(C(F)(F)F)cc1. The molecule has 2 aliphatic heterocycles. The highest BCUT2D eigenvalue weighted by Gasteiger charge is 2.39. The number of benzene rings is 2. The van der Waals surface area contributed by atoms with Gasteiger partial charge in [0, 0.05) is 25.1 Å². The molecule has 1 saturated heterocycles. The van der Waals surface area contributed by atoms with Crippen LogP contribution in [0, 0.1) is 0 Å². The Labute approximate surface area is 233 Å². The van der Waals surface area contributed by atoms with Crippen LogP contribution in [0.25, 0.3) is 0 Å². The molecular weight excluding hydrogens is 545 g/mol. The molecule has 3 N–H and O–H groups in total. The minimum atomic E-state index is -4.57. The van der Waals surface area contributed by atoms with Gasteiger partial charge in [-0.1, -0.05) is 24.3 Å². The Morgan fingerprint density at radius 3 is 2.37 bits per heavy atom. The number of hydrogen-bond acceptors (Lipinski definition) is 6. The molecule has 0 spiro atoms. The van der Waals surface area contributed by atoms with Crippen molar-refractivity contribution in [3.8, 4) is 0 Å². The molecule has 41 heavy (non-hydrogen) atoms. The number of fused-ring (bicyclic) bond motifs is 1. The second-order valence-corrected chi connectivity index (χ2v) is 10.8. The average molecular weight is 575 g/mol. The Morgan fingerprint density at radius 2 is 1.76 bits per heavy atom. The van der Waals surface area contributed by atoms with Gasteiger partial charge in [-0.3, -0.25) is 24.5 Å². The van der Waals surface area contributed by atoms with Crippen molar-refractivity contribution in [1.29, 1.82) is 0 Å². The molecule has 218 valence electrons. The molecule has 0 bridgehead atoms. The molecule has 2 aliphatic rings. The zero-order valence-electron chi connectivity index (χ0n) is 22.6. The summed E-state index contributed by atoms with van der Waals surface area (Å²) in [6.07, 6.45) is -5.14. The zero-order valence-corrected chi connectivity index (χ0v) is 22.6. The van der Waals surface area contributed by atoms with Crippen molar-refractivity contribution in [2.24, 2.45) is 0 Å². The molecule has 0 radical (unpaired) electrons. The molecule has 2 aromatic rings. The molecule has 2 aromatic carbocycles. The van der Waals surface area contributed by atoms with E-state index in [2.05, 4.69) is 16.0 Å². The van der Waals surface area contributed by atoms with Gasteiger partial charge in [0.25, 0.3) is 5.91 Å². The van der Waals surface area contributed by atoms with Gasteiger partial charge in [0.15, 0.2) is 0 Å². The van der Waals surface area contributed by atoms with Gasteiger partial charge >= 0.3 is 12.3 Å². The summed E-state index contributed by atoms with van der Waals surface area (Å²) in [7, 11) is 0. The first-order valence-corrected chi connectivity index (χ1v) is 12.8. The summed E-state index contributed by atoms with van der Waals surface area (Å²) in [5.41, 5.74) is -0.0259. The first-order chi connectivity index (χ1) is 19.1. The van der Waals surface area contributed by atoms with E-state index in [1.807, 2.05) is 0 Å². The molecule has 5 amide bonds. The van der Waals surface area contributed by atoms with Crippen molar-refractivity contribution in [2.45, 2.75) is 70.6 Å². The van der Waals surface area contributed by atoms with E-state index in [1.165, 1.54) is 4.90 Å². The number of piperidine rings is 1. The number of ether oxygens (including phenoxy) is 1. The van der Waals surface area contributed by atoms with Crippen LogP contribution in [0.5, 0.6) is 0 Å². The lowest BCUT2D eigenvalue weighted by Crippen LogP contribution is -2.52. The summed E-state index contributed by atoms with van der Waals surface area (Å²) in [4.78, 5) is 63.6. The highest BCUT2D eigenvalue weighted by molar-refractivity contribution is 6.05.